The maximum Gasteiger partial charge on any atom is 0.251 e. The normalized spacial score (nSPS) is 11.5. The third-order valence-corrected chi connectivity index (χ3v) is 5.00. The number of nitrogens with zero attached hydrogens (tertiary/aromatic N) is 1. The van der Waals surface area contributed by atoms with Crippen LogP contribution in [0.25, 0.3) is 0 Å². The third kappa shape index (κ3) is 4.83. The summed E-state index contributed by atoms with van der Waals surface area (Å²) in [6.07, 6.45) is 0. The Morgan fingerprint density at radius 3 is 2.59 bits per heavy atom. The van der Waals surface area contributed by atoms with Crippen LogP contribution in [0.3, 0.4) is 0 Å². The topological polar surface area (TPSA) is 68.0 Å². The molecule has 0 atom stereocenters. The quantitative estimate of drug-likeness (QED) is 0.796. The molecule has 0 saturated heterocycles. The van der Waals surface area contributed by atoms with E-state index in [4.69, 9.17) is 5.73 Å². The van der Waals surface area contributed by atoms with E-state index in [1.807, 2.05) is 45.0 Å². The highest BCUT2D eigenvalue weighted by Crippen LogP contribution is 2.24. The predicted octanol–water partition coefficient (Wildman–Crippen LogP) is 3.21. The van der Waals surface area contributed by atoms with E-state index in [-0.39, 0.29) is 5.91 Å². The van der Waals surface area contributed by atoms with Gasteiger partial charge in [-0.3, -0.25) is 4.79 Å². The van der Waals surface area contributed by atoms with Crippen molar-refractivity contribution < 1.29 is 4.79 Å². The molecule has 0 saturated carbocycles. The molecule has 2 aromatic rings. The van der Waals surface area contributed by atoms with Gasteiger partial charge in [0.1, 0.15) is 0 Å². The zero-order valence-electron chi connectivity index (χ0n) is 13.1. The van der Waals surface area contributed by atoms with Gasteiger partial charge in [-0.15, -0.1) is 23.1 Å². The Hall–Kier alpha value is -1.37. The van der Waals surface area contributed by atoms with E-state index >= 15 is 0 Å². The number of hydrogen-bond donors (Lipinski definition) is 2. The lowest BCUT2D eigenvalue weighted by Gasteiger charge is -2.24. The molecule has 4 nitrogen and oxygen atoms in total. The highest BCUT2D eigenvalue weighted by Gasteiger charge is 2.19. The van der Waals surface area contributed by atoms with Crippen LogP contribution in [0.1, 0.15) is 34.9 Å². The molecule has 1 aromatic heterocycles. The van der Waals surface area contributed by atoms with Gasteiger partial charge in [-0.25, -0.2) is 4.98 Å². The van der Waals surface area contributed by atoms with Gasteiger partial charge < -0.3 is 11.1 Å². The van der Waals surface area contributed by atoms with Crippen molar-refractivity contribution in [2.75, 3.05) is 6.54 Å². The van der Waals surface area contributed by atoms with Crippen LogP contribution in [0.2, 0.25) is 0 Å². The fraction of sp³-hybridized carbons (Fsp3) is 0.375. The molecule has 118 valence electrons. The zero-order chi connectivity index (χ0) is 16.2. The molecule has 0 radical (unpaired) electrons. The molecule has 0 bridgehead atoms. The molecule has 0 aliphatic carbocycles. The Kier molecular flexibility index (Phi) is 5.61. The summed E-state index contributed by atoms with van der Waals surface area (Å²) in [6.45, 7) is 6.23. The van der Waals surface area contributed by atoms with E-state index in [1.54, 1.807) is 23.1 Å². The first-order chi connectivity index (χ1) is 10.4. The van der Waals surface area contributed by atoms with Crippen LogP contribution in [-0.4, -0.2) is 23.0 Å². The van der Waals surface area contributed by atoms with Gasteiger partial charge in [-0.05, 0) is 45.0 Å². The second-order valence-corrected chi connectivity index (χ2v) is 7.82. The number of aryl methyl sites for hydroxylation is 1. The summed E-state index contributed by atoms with van der Waals surface area (Å²) in [5, 5.41) is 6.09. The minimum atomic E-state index is -0.396. The average molecular weight is 335 g/mol. The molecule has 2 rings (SSSR count). The van der Waals surface area contributed by atoms with E-state index in [0.717, 1.165) is 21.3 Å². The van der Waals surface area contributed by atoms with Crippen LogP contribution in [0, 0.1) is 6.92 Å². The highest BCUT2D eigenvalue weighted by atomic mass is 32.2. The number of amides is 1. The molecule has 0 spiro atoms. The molecular formula is C16H21N3OS2. The van der Waals surface area contributed by atoms with Crippen LogP contribution in [0.4, 0.5) is 0 Å². The molecule has 1 aromatic carbocycles. The van der Waals surface area contributed by atoms with Crippen molar-refractivity contribution >= 4 is 29.0 Å². The van der Waals surface area contributed by atoms with Crippen LogP contribution in [-0.2, 0) is 5.75 Å². The van der Waals surface area contributed by atoms with E-state index in [1.165, 1.54) is 0 Å². The monoisotopic (exact) mass is 335 g/mol. The molecule has 0 unspecified atom stereocenters. The Morgan fingerprint density at radius 2 is 2.05 bits per heavy atom. The molecular weight excluding hydrogens is 314 g/mol. The lowest BCUT2D eigenvalue weighted by Crippen LogP contribution is -2.48. The number of carbonyl (C=O) groups excluding carboxylic acids is 1. The Labute approximate surface area is 139 Å². The maximum atomic E-state index is 12.1. The van der Waals surface area contributed by atoms with Crippen molar-refractivity contribution in [2.24, 2.45) is 5.73 Å². The number of benzene rings is 1. The van der Waals surface area contributed by atoms with Gasteiger partial charge in [0.2, 0.25) is 0 Å². The summed E-state index contributed by atoms with van der Waals surface area (Å²) < 4.78 is 0. The van der Waals surface area contributed by atoms with Crippen LogP contribution >= 0.6 is 23.1 Å². The van der Waals surface area contributed by atoms with Crippen molar-refractivity contribution in [3.8, 4) is 0 Å². The molecule has 3 N–H and O–H groups in total. The van der Waals surface area contributed by atoms with Crippen LogP contribution < -0.4 is 11.1 Å². The first kappa shape index (κ1) is 17.0. The number of carbonyl (C=O) groups is 1. The van der Waals surface area contributed by atoms with Crippen molar-refractivity contribution in [3.05, 3.63) is 45.9 Å². The fourth-order valence-electron chi connectivity index (χ4n) is 1.76. The second-order valence-electron chi connectivity index (χ2n) is 5.71. The minimum absolute atomic E-state index is 0.0953. The summed E-state index contributed by atoms with van der Waals surface area (Å²) in [4.78, 5) is 17.7. The van der Waals surface area contributed by atoms with Gasteiger partial charge in [-0.1, -0.05) is 0 Å². The predicted molar refractivity (Wildman–Crippen MR) is 93.5 cm³/mol. The molecule has 0 aliphatic heterocycles. The SMILES string of the molecule is Cc1nc(CSc2ccc(C(=O)NC(C)(C)CN)cc2)cs1. The highest BCUT2D eigenvalue weighted by molar-refractivity contribution is 7.98. The first-order valence-electron chi connectivity index (χ1n) is 7.06. The molecule has 22 heavy (non-hydrogen) atoms. The van der Waals surface area contributed by atoms with E-state index < -0.39 is 5.54 Å². The molecule has 1 amide bonds. The number of nitrogens with one attached hydrogen (secondary N) is 1. The molecule has 0 fully saturated rings. The standard InChI is InChI=1S/C16H21N3OS2/c1-11-18-13(8-21-11)9-22-14-6-4-12(5-7-14)15(20)19-16(2,3)10-17/h4-8H,9-10,17H2,1-3H3,(H,19,20). The van der Waals surface area contributed by atoms with Crippen molar-refractivity contribution in [1.29, 1.82) is 0 Å². The lowest BCUT2D eigenvalue weighted by molar-refractivity contribution is 0.0915. The fourth-order valence-corrected chi connectivity index (χ4v) is 3.27. The summed E-state index contributed by atoms with van der Waals surface area (Å²) in [5.41, 5.74) is 6.98. The second kappa shape index (κ2) is 7.26. The summed E-state index contributed by atoms with van der Waals surface area (Å²) in [7, 11) is 0. The number of thiazole rings is 1. The molecule has 1 heterocycles. The van der Waals surface area contributed by atoms with Gasteiger partial charge in [0.05, 0.1) is 10.7 Å². The van der Waals surface area contributed by atoms with Crippen molar-refractivity contribution in [1.82, 2.24) is 10.3 Å². The Balaban J connectivity index is 1.93. The van der Waals surface area contributed by atoms with E-state index in [9.17, 15) is 4.79 Å². The number of thioether (sulfide) groups is 1. The van der Waals surface area contributed by atoms with E-state index in [0.29, 0.717) is 12.1 Å². The number of aromatic nitrogens is 1. The van der Waals surface area contributed by atoms with Gasteiger partial charge in [0.15, 0.2) is 0 Å². The zero-order valence-corrected chi connectivity index (χ0v) is 14.7. The van der Waals surface area contributed by atoms with Gasteiger partial charge >= 0.3 is 0 Å². The average Bonchev–Trinajstić information content (AvgIpc) is 2.91. The van der Waals surface area contributed by atoms with Crippen molar-refractivity contribution in [3.63, 3.8) is 0 Å². The lowest BCUT2D eigenvalue weighted by atomic mass is 10.1. The number of hydrogen-bond acceptors (Lipinski definition) is 5. The van der Waals surface area contributed by atoms with Crippen molar-refractivity contribution in [2.45, 2.75) is 37.0 Å². The number of rotatable bonds is 6. The van der Waals surface area contributed by atoms with Crippen LogP contribution in [0.5, 0.6) is 0 Å². The minimum Gasteiger partial charge on any atom is -0.346 e. The third-order valence-electron chi connectivity index (χ3n) is 3.13. The first-order valence-corrected chi connectivity index (χ1v) is 8.92. The van der Waals surface area contributed by atoms with Gasteiger partial charge in [0.25, 0.3) is 5.91 Å². The maximum absolute atomic E-state index is 12.1. The largest absolute Gasteiger partial charge is 0.346 e. The van der Waals surface area contributed by atoms with Gasteiger partial charge in [0, 0.05) is 33.7 Å². The van der Waals surface area contributed by atoms with E-state index in [2.05, 4.69) is 15.7 Å². The summed E-state index contributed by atoms with van der Waals surface area (Å²) in [5.74, 6) is 0.748. The molecule has 0 aliphatic rings. The van der Waals surface area contributed by atoms with Crippen LogP contribution in [0.15, 0.2) is 34.5 Å². The Morgan fingerprint density at radius 1 is 1.36 bits per heavy atom. The molecule has 6 heteroatoms. The smallest absolute Gasteiger partial charge is 0.251 e. The summed E-state index contributed by atoms with van der Waals surface area (Å²) in [6, 6.07) is 7.62. The summed E-state index contributed by atoms with van der Waals surface area (Å²) >= 11 is 3.38. The van der Waals surface area contributed by atoms with Gasteiger partial charge in [-0.2, -0.15) is 0 Å². The number of nitrogens with two attached hydrogens (primary N) is 1. The Bertz CT molecular complexity index is 635.